The van der Waals surface area contributed by atoms with E-state index in [4.69, 9.17) is 4.52 Å². The minimum atomic E-state index is -1.01. The Morgan fingerprint density at radius 3 is 2.80 bits per heavy atom. The molecule has 2 aromatic heterocycles. The van der Waals surface area contributed by atoms with Gasteiger partial charge in [0.15, 0.2) is 5.69 Å². The van der Waals surface area contributed by atoms with Crippen molar-refractivity contribution in [1.29, 1.82) is 0 Å². The van der Waals surface area contributed by atoms with Crippen molar-refractivity contribution in [3.8, 4) is 0 Å². The molecule has 1 atom stereocenters. The van der Waals surface area contributed by atoms with Crippen molar-refractivity contribution in [2.75, 3.05) is 13.1 Å². The topological polar surface area (TPSA) is 97.3 Å². The summed E-state index contributed by atoms with van der Waals surface area (Å²) in [6.07, 6.45) is 3.31. The van der Waals surface area contributed by atoms with E-state index in [0.29, 0.717) is 31.0 Å². The van der Waals surface area contributed by atoms with Gasteiger partial charge >= 0.3 is 0 Å². The number of aliphatic hydroxyl groups is 1. The molecule has 25 heavy (non-hydrogen) atoms. The summed E-state index contributed by atoms with van der Waals surface area (Å²) in [5, 5.41) is 22.8. The van der Waals surface area contributed by atoms with Crippen molar-refractivity contribution in [3.05, 3.63) is 29.7 Å². The Bertz CT molecular complexity index is 760. The van der Waals surface area contributed by atoms with Crippen LogP contribution in [0, 0.1) is 0 Å². The van der Waals surface area contributed by atoms with Gasteiger partial charge in [-0.25, -0.2) is 0 Å². The number of aryl methyl sites for hydroxylation is 1. The van der Waals surface area contributed by atoms with E-state index in [1.165, 1.54) is 0 Å². The van der Waals surface area contributed by atoms with Gasteiger partial charge < -0.3 is 19.1 Å². The summed E-state index contributed by atoms with van der Waals surface area (Å²) in [4.78, 5) is 14.4. The van der Waals surface area contributed by atoms with Gasteiger partial charge in [-0.2, -0.15) is 0 Å². The highest BCUT2D eigenvalue weighted by Crippen LogP contribution is 2.27. The van der Waals surface area contributed by atoms with Crippen LogP contribution in [0.2, 0.25) is 0 Å². The van der Waals surface area contributed by atoms with Gasteiger partial charge in [0, 0.05) is 31.5 Å². The van der Waals surface area contributed by atoms with E-state index in [0.717, 1.165) is 6.42 Å². The molecule has 136 valence electrons. The maximum atomic E-state index is 12.8. The Balaban J connectivity index is 1.73. The SMILES string of the molecule is Cn1cnnc1CC1(O)CCCN(C(=O)c2cc(C(C)(C)C)on2)C1. The second-order valence-corrected chi connectivity index (χ2v) is 7.92. The van der Waals surface area contributed by atoms with Crippen LogP contribution in [-0.4, -0.2) is 54.5 Å². The molecule has 1 unspecified atom stereocenters. The minimum Gasteiger partial charge on any atom is -0.388 e. The molecule has 1 aliphatic heterocycles. The van der Waals surface area contributed by atoms with Crippen LogP contribution >= 0.6 is 0 Å². The van der Waals surface area contributed by atoms with E-state index in [9.17, 15) is 9.90 Å². The second kappa shape index (κ2) is 6.25. The first-order valence-electron chi connectivity index (χ1n) is 8.50. The number of piperidine rings is 1. The molecule has 8 nitrogen and oxygen atoms in total. The summed E-state index contributed by atoms with van der Waals surface area (Å²) < 4.78 is 7.10. The van der Waals surface area contributed by atoms with Crippen molar-refractivity contribution in [2.45, 2.75) is 51.0 Å². The van der Waals surface area contributed by atoms with Crippen molar-refractivity contribution in [2.24, 2.45) is 7.05 Å². The summed E-state index contributed by atoms with van der Waals surface area (Å²) in [6.45, 7) is 6.85. The average Bonchev–Trinajstić information content (AvgIpc) is 3.16. The Morgan fingerprint density at radius 1 is 1.44 bits per heavy atom. The predicted octanol–water partition coefficient (Wildman–Crippen LogP) is 1.31. The lowest BCUT2D eigenvalue weighted by Gasteiger charge is -2.38. The monoisotopic (exact) mass is 347 g/mol. The Labute approximate surface area is 146 Å². The fraction of sp³-hybridized carbons (Fsp3) is 0.647. The summed E-state index contributed by atoms with van der Waals surface area (Å²) in [5.41, 5.74) is -0.933. The van der Waals surface area contributed by atoms with Crippen LogP contribution in [0.25, 0.3) is 0 Å². The lowest BCUT2D eigenvalue weighted by Crippen LogP contribution is -2.51. The zero-order valence-electron chi connectivity index (χ0n) is 15.2. The third-order valence-corrected chi connectivity index (χ3v) is 4.60. The molecule has 8 heteroatoms. The van der Waals surface area contributed by atoms with Crippen LogP contribution in [0.1, 0.15) is 55.7 Å². The number of hydrogen-bond donors (Lipinski definition) is 1. The molecule has 1 N–H and O–H groups in total. The summed E-state index contributed by atoms with van der Waals surface area (Å²) in [5.74, 6) is 1.16. The van der Waals surface area contributed by atoms with Gasteiger partial charge in [-0.1, -0.05) is 25.9 Å². The van der Waals surface area contributed by atoms with Gasteiger partial charge in [-0.3, -0.25) is 4.79 Å². The summed E-state index contributed by atoms with van der Waals surface area (Å²) >= 11 is 0. The van der Waals surface area contributed by atoms with Crippen molar-refractivity contribution < 1.29 is 14.4 Å². The number of aromatic nitrogens is 4. The highest BCUT2D eigenvalue weighted by atomic mass is 16.5. The van der Waals surface area contributed by atoms with E-state index < -0.39 is 5.60 Å². The van der Waals surface area contributed by atoms with Gasteiger partial charge in [0.25, 0.3) is 5.91 Å². The number of β-amino-alcohol motifs (C(OH)–C–C–N with tert-alkyl or cyclic N) is 1. The first-order valence-corrected chi connectivity index (χ1v) is 8.50. The Hall–Kier alpha value is -2.22. The zero-order valence-corrected chi connectivity index (χ0v) is 15.2. The Morgan fingerprint density at radius 2 is 2.20 bits per heavy atom. The molecule has 0 radical (unpaired) electrons. The zero-order chi connectivity index (χ0) is 18.2. The molecule has 0 aliphatic carbocycles. The summed E-state index contributed by atoms with van der Waals surface area (Å²) in [7, 11) is 1.84. The standard InChI is InChI=1S/C17H25N5O3/c1-16(2,3)13-8-12(20-25-13)15(23)22-7-5-6-17(24,10-22)9-14-19-18-11-21(14)4/h8,11,24H,5-7,9-10H2,1-4H3. The largest absolute Gasteiger partial charge is 0.388 e. The number of nitrogens with zero attached hydrogens (tertiary/aromatic N) is 5. The van der Waals surface area contributed by atoms with Crippen LogP contribution in [0.4, 0.5) is 0 Å². The summed E-state index contributed by atoms with van der Waals surface area (Å²) in [6, 6.07) is 1.69. The molecule has 0 spiro atoms. The molecule has 3 rings (SSSR count). The molecule has 1 aliphatic rings. The number of hydrogen-bond acceptors (Lipinski definition) is 6. The lowest BCUT2D eigenvalue weighted by atomic mass is 9.89. The fourth-order valence-electron chi connectivity index (χ4n) is 3.08. The first-order chi connectivity index (χ1) is 11.7. The number of amides is 1. The van der Waals surface area contributed by atoms with E-state index in [1.807, 2.05) is 27.8 Å². The molecule has 2 aromatic rings. The maximum absolute atomic E-state index is 12.8. The van der Waals surface area contributed by atoms with Gasteiger partial charge in [-0.05, 0) is 12.8 Å². The fourth-order valence-corrected chi connectivity index (χ4v) is 3.08. The maximum Gasteiger partial charge on any atom is 0.276 e. The number of rotatable bonds is 3. The molecule has 3 heterocycles. The van der Waals surface area contributed by atoms with E-state index in [1.54, 1.807) is 21.9 Å². The van der Waals surface area contributed by atoms with Crippen LogP contribution < -0.4 is 0 Å². The normalized spacial score (nSPS) is 21.6. The molecule has 1 fully saturated rings. The highest BCUT2D eigenvalue weighted by molar-refractivity contribution is 5.92. The number of likely N-dealkylation sites (tertiary alicyclic amines) is 1. The first kappa shape index (κ1) is 17.6. The number of carbonyl (C=O) groups is 1. The minimum absolute atomic E-state index is 0.209. The van der Waals surface area contributed by atoms with Crippen LogP contribution in [-0.2, 0) is 18.9 Å². The average molecular weight is 347 g/mol. The van der Waals surface area contributed by atoms with E-state index in [-0.39, 0.29) is 23.6 Å². The third-order valence-electron chi connectivity index (χ3n) is 4.60. The highest BCUT2D eigenvalue weighted by Gasteiger charge is 2.37. The van der Waals surface area contributed by atoms with Crippen LogP contribution in [0.5, 0.6) is 0 Å². The lowest BCUT2D eigenvalue weighted by molar-refractivity contribution is -0.0260. The smallest absolute Gasteiger partial charge is 0.276 e. The molecular weight excluding hydrogens is 322 g/mol. The van der Waals surface area contributed by atoms with E-state index in [2.05, 4.69) is 15.4 Å². The van der Waals surface area contributed by atoms with Gasteiger partial charge in [0.2, 0.25) is 0 Å². The van der Waals surface area contributed by atoms with E-state index >= 15 is 0 Å². The van der Waals surface area contributed by atoms with Crippen molar-refractivity contribution in [3.63, 3.8) is 0 Å². The van der Waals surface area contributed by atoms with Crippen LogP contribution in [0.15, 0.2) is 16.9 Å². The molecule has 0 aromatic carbocycles. The Kier molecular flexibility index (Phi) is 4.40. The van der Waals surface area contributed by atoms with Gasteiger partial charge in [-0.15, -0.1) is 10.2 Å². The predicted molar refractivity (Wildman–Crippen MR) is 90.0 cm³/mol. The molecule has 1 amide bonds. The van der Waals surface area contributed by atoms with Gasteiger partial charge in [0.1, 0.15) is 17.9 Å². The molecule has 0 saturated carbocycles. The van der Waals surface area contributed by atoms with Crippen molar-refractivity contribution in [1.82, 2.24) is 24.8 Å². The molecule has 1 saturated heterocycles. The van der Waals surface area contributed by atoms with Gasteiger partial charge in [0.05, 0.1) is 12.1 Å². The van der Waals surface area contributed by atoms with Crippen LogP contribution in [0.3, 0.4) is 0 Å². The number of carbonyl (C=O) groups excluding carboxylic acids is 1. The third kappa shape index (κ3) is 3.73. The van der Waals surface area contributed by atoms with Crippen molar-refractivity contribution >= 4 is 5.91 Å². The second-order valence-electron chi connectivity index (χ2n) is 7.92. The molecular formula is C17H25N5O3. The quantitative estimate of drug-likeness (QED) is 0.899. The molecule has 0 bridgehead atoms.